The topological polar surface area (TPSA) is 24.1 Å². The quantitative estimate of drug-likeness (QED) is 0.730. The fourth-order valence-electron chi connectivity index (χ4n) is 3.01. The second kappa shape index (κ2) is 6.21. The van der Waals surface area contributed by atoms with Crippen LogP contribution < -0.4 is 10.6 Å². The molecule has 0 bridgehead atoms. The van der Waals surface area contributed by atoms with Crippen LogP contribution in [0.4, 0.5) is 11.4 Å². The molecule has 1 aliphatic rings. The van der Waals surface area contributed by atoms with E-state index in [0.29, 0.717) is 0 Å². The Morgan fingerprint density at radius 1 is 0.952 bits per heavy atom. The van der Waals surface area contributed by atoms with Crippen LogP contribution in [0.3, 0.4) is 0 Å². The van der Waals surface area contributed by atoms with Crippen LogP contribution in [0.25, 0.3) is 0 Å². The van der Waals surface area contributed by atoms with Gasteiger partial charge in [-0.1, -0.05) is 50.1 Å². The highest BCUT2D eigenvalue weighted by Crippen LogP contribution is 2.36. The standard InChI is InChI=1S/C19H24N2/c1-3-4-5-8-15-9-6-7-10-16(15)19-20-17-12-11-14(2)13-18(17)21-19/h6-7,9-13,19-21H,3-5,8H2,1-2H3. The van der Waals surface area contributed by atoms with Gasteiger partial charge in [0, 0.05) is 0 Å². The molecule has 1 aliphatic heterocycles. The molecule has 0 fully saturated rings. The van der Waals surface area contributed by atoms with Crippen molar-refractivity contribution in [2.75, 3.05) is 10.6 Å². The molecule has 0 radical (unpaired) electrons. The summed E-state index contributed by atoms with van der Waals surface area (Å²) >= 11 is 0. The minimum absolute atomic E-state index is 0.194. The molecule has 0 saturated heterocycles. The van der Waals surface area contributed by atoms with E-state index >= 15 is 0 Å². The Morgan fingerprint density at radius 2 is 1.76 bits per heavy atom. The highest BCUT2D eigenvalue weighted by Gasteiger charge is 2.22. The van der Waals surface area contributed by atoms with Gasteiger partial charge in [0.15, 0.2) is 0 Å². The average molecular weight is 280 g/mol. The van der Waals surface area contributed by atoms with Crippen molar-refractivity contribution in [3.8, 4) is 0 Å². The first-order valence-electron chi connectivity index (χ1n) is 7.99. The van der Waals surface area contributed by atoms with E-state index in [0.717, 1.165) is 0 Å². The lowest BCUT2D eigenvalue weighted by Gasteiger charge is -2.17. The zero-order chi connectivity index (χ0) is 14.7. The van der Waals surface area contributed by atoms with Gasteiger partial charge in [0.2, 0.25) is 0 Å². The van der Waals surface area contributed by atoms with Crippen molar-refractivity contribution in [2.24, 2.45) is 0 Å². The molecule has 3 rings (SSSR count). The number of benzene rings is 2. The van der Waals surface area contributed by atoms with Crippen LogP contribution in [0, 0.1) is 6.92 Å². The first-order valence-corrected chi connectivity index (χ1v) is 7.99. The molecule has 0 aromatic heterocycles. The highest BCUT2D eigenvalue weighted by molar-refractivity contribution is 5.76. The molecule has 0 saturated carbocycles. The minimum atomic E-state index is 0.194. The number of nitrogens with one attached hydrogen (secondary N) is 2. The molecule has 0 spiro atoms. The summed E-state index contributed by atoms with van der Waals surface area (Å²) in [5.74, 6) is 0. The summed E-state index contributed by atoms with van der Waals surface area (Å²) in [4.78, 5) is 0. The van der Waals surface area contributed by atoms with Gasteiger partial charge in [-0.15, -0.1) is 0 Å². The van der Waals surface area contributed by atoms with E-state index < -0.39 is 0 Å². The first kappa shape index (κ1) is 14.0. The molecule has 1 unspecified atom stereocenters. The SMILES string of the molecule is CCCCCc1ccccc1C1Nc2ccc(C)cc2N1. The fourth-order valence-corrected chi connectivity index (χ4v) is 3.01. The second-order valence-corrected chi connectivity index (χ2v) is 5.93. The Balaban J connectivity index is 1.79. The molecule has 1 atom stereocenters. The van der Waals surface area contributed by atoms with Gasteiger partial charge in [0.05, 0.1) is 11.4 Å². The lowest BCUT2D eigenvalue weighted by Crippen LogP contribution is -2.14. The number of hydrogen-bond donors (Lipinski definition) is 2. The normalized spacial score (nSPS) is 16.2. The molecule has 0 aliphatic carbocycles. The maximum Gasteiger partial charge on any atom is 0.123 e. The van der Waals surface area contributed by atoms with Gasteiger partial charge in [-0.3, -0.25) is 0 Å². The van der Waals surface area contributed by atoms with Crippen molar-refractivity contribution in [2.45, 2.75) is 45.7 Å². The van der Waals surface area contributed by atoms with Crippen molar-refractivity contribution in [1.82, 2.24) is 0 Å². The molecular weight excluding hydrogens is 256 g/mol. The first-order chi connectivity index (χ1) is 10.3. The van der Waals surface area contributed by atoms with Gasteiger partial charge in [0.25, 0.3) is 0 Å². The van der Waals surface area contributed by atoms with Crippen molar-refractivity contribution in [3.05, 3.63) is 59.2 Å². The second-order valence-electron chi connectivity index (χ2n) is 5.93. The molecule has 110 valence electrons. The fraction of sp³-hybridized carbons (Fsp3) is 0.368. The minimum Gasteiger partial charge on any atom is -0.360 e. The zero-order valence-electron chi connectivity index (χ0n) is 12.9. The van der Waals surface area contributed by atoms with E-state index in [1.54, 1.807) is 0 Å². The molecular formula is C19H24N2. The van der Waals surface area contributed by atoms with Crippen molar-refractivity contribution < 1.29 is 0 Å². The molecule has 2 N–H and O–H groups in total. The van der Waals surface area contributed by atoms with E-state index in [-0.39, 0.29) is 6.17 Å². The van der Waals surface area contributed by atoms with E-state index in [1.165, 1.54) is 53.7 Å². The lowest BCUT2D eigenvalue weighted by molar-refractivity contribution is 0.710. The van der Waals surface area contributed by atoms with Crippen LogP contribution in [0.1, 0.15) is 49.0 Å². The van der Waals surface area contributed by atoms with E-state index in [4.69, 9.17) is 0 Å². The number of fused-ring (bicyclic) bond motifs is 1. The molecule has 2 aromatic rings. The maximum atomic E-state index is 3.61. The smallest absolute Gasteiger partial charge is 0.123 e. The Morgan fingerprint density at radius 3 is 2.62 bits per heavy atom. The summed E-state index contributed by atoms with van der Waals surface area (Å²) in [6.07, 6.45) is 5.21. The molecule has 2 aromatic carbocycles. The van der Waals surface area contributed by atoms with Gasteiger partial charge in [-0.05, 0) is 48.6 Å². The monoisotopic (exact) mass is 280 g/mol. The third-order valence-electron chi connectivity index (χ3n) is 4.19. The molecule has 2 heteroatoms. The van der Waals surface area contributed by atoms with Crippen molar-refractivity contribution in [1.29, 1.82) is 0 Å². The summed E-state index contributed by atoms with van der Waals surface area (Å²) in [7, 11) is 0. The maximum absolute atomic E-state index is 3.61. The predicted octanol–water partition coefficient (Wildman–Crippen LogP) is 5.26. The Hall–Kier alpha value is -1.96. The van der Waals surface area contributed by atoms with E-state index in [1.807, 2.05) is 0 Å². The summed E-state index contributed by atoms with van der Waals surface area (Å²) < 4.78 is 0. The van der Waals surface area contributed by atoms with Crippen molar-refractivity contribution in [3.63, 3.8) is 0 Å². The molecule has 2 nitrogen and oxygen atoms in total. The molecule has 1 heterocycles. The van der Waals surface area contributed by atoms with Crippen molar-refractivity contribution >= 4 is 11.4 Å². The average Bonchev–Trinajstić information content (AvgIpc) is 2.91. The van der Waals surface area contributed by atoms with Gasteiger partial charge in [-0.2, -0.15) is 0 Å². The molecule has 21 heavy (non-hydrogen) atoms. The summed E-state index contributed by atoms with van der Waals surface area (Å²) in [5, 5.41) is 7.21. The predicted molar refractivity (Wildman–Crippen MR) is 90.8 cm³/mol. The largest absolute Gasteiger partial charge is 0.360 e. The van der Waals surface area contributed by atoms with Gasteiger partial charge < -0.3 is 10.6 Å². The van der Waals surface area contributed by atoms with Crippen LogP contribution in [0.15, 0.2) is 42.5 Å². The van der Waals surface area contributed by atoms with Crippen LogP contribution >= 0.6 is 0 Å². The number of aryl methyl sites for hydroxylation is 2. The van der Waals surface area contributed by atoms with Gasteiger partial charge in [0.1, 0.15) is 6.17 Å². The number of rotatable bonds is 5. The Labute approximate surface area is 127 Å². The number of unbranched alkanes of at least 4 members (excludes halogenated alkanes) is 2. The Bertz CT molecular complexity index is 619. The van der Waals surface area contributed by atoms with E-state index in [2.05, 4.69) is 66.9 Å². The van der Waals surface area contributed by atoms with Gasteiger partial charge >= 0.3 is 0 Å². The Kier molecular flexibility index (Phi) is 4.14. The summed E-state index contributed by atoms with van der Waals surface area (Å²) in [6.45, 7) is 4.39. The lowest BCUT2D eigenvalue weighted by atomic mass is 9.99. The van der Waals surface area contributed by atoms with Crippen LogP contribution in [0.2, 0.25) is 0 Å². The number of hydrogen-bond acceptors (Lipinski definition) is 2. The third-order valence-corrected chi connectivity index (χ3v) is 4.19. The third kappa shape index (κ3) is 3.05. The van der Waals surface area contributed by atoms with Crippen LogP contribution in [-0.2, 0) is 6.42 Å². The van der Waals surface area contributed by atoms with Crippen LogP contribution in [0.5, 0.6) is 0 Å². The number of anilines is 2. The van der Waals surface area contributed by atoms with Gasteiger partial charge in [-0.25, -0.2) is 0 Å². The summed E-state index contributed by atoms with van der Waals surface area (Å²) in [5.41, 5.74) is 6.54. The van der Waals surface area contributed by atoms with Crippen LogP contribution in [-0.4, -0.2) is 0 Å². The highest BCUT2D eigenvalue weighted by atomic mass is 15.2. The summed E-state index contributed by atoms with van der Waals surface area (Å²) in [6, 6.07) is 15.3. The van der Waals surface area contributed by atoms with E-state index in [9.17, 15) is 0 Å². The molecule has 0 amide bonds. The zero-order valence-corrected chi connectivity index (χ0v) is 12.9.